The van der Waals surface area contributed by atoms with Gasteiger partial charge in [-0.15, -0.1) is 0 Å². The number of allylic oxidation sites excluding steroid dienone is 1. The van der Waals surface area contributed by atoms with Gasteiger partial charge < -0.3 is 14.5 Å². The number of halogens is 1. The Morgan fingerprint density at radius 2 is 2.13 bits per heavy atom. The van der Waals surface area contributed by atoms with Crippen molar-refractivity contribution < 1.29 is 18.3 Å². The molecule has 0 atom stereocenters. The molecule has 1 amide bonds. The van der Waals surface area contributed by atoms with E-state index in [0.29, 0.717) is 23.1 Å². The molecule has 154 valence electrons. The minimum Gasteiger partial charge on any atom is -0.493 e. The van der Waals surface area contributed by atoms with Crippen LogP contribution in [0.1, 0.15) is 19.4 Å². The van der Waals surface area contributed by atoms with Gasteiger partial charge in [0.2, 0.25) is 5.91 Å². The van der Waals surface area contributed by atoms with Gasteiger partial charge in [-0.05, 0) is 43.2 Å². The summed E-state index contributed by atoms with van der Waals surface area (Å²) in [7, 11) is 0. The zero-order valence-corrected chi connectivity index (χ0v) is 17.5. The highest BCUT2D eigenvalue weighted by atomic mass is 32.2. The summed E-state index contributed by atoms with van der Waals surface area (Å²) in [5.41, 5.74) is 3.91. The van der Waals surface area contributed by atoms with Crippen molar-refractivity contribution in [2.75, 3.05) is 18.9 Å². The Labute approximate surface area is 178 Å². The Morgan fingerprint density at radius 1 is 1.33 bits per heavy atom. The largest absolute Gasteiger partial charge is 0.493 e. The fourth-order valence-electron chi connectivity index (χ4n) is 3.32. The number of nitrogens with zero attached hydrogens (tertiary/aromatic N) is 1. The number of furan rings is 1. The number of benzene rings is 2. The summed E-state index contributed by atoms with van der Waals surface area (Å²) in [5.74, 6) is 1.00. The second-order valence-corrected chi connectivity index (χ2v) is 7.87. The fourth-order valence-corrected chi connectivity index (χ4v) is 4.05. The summed E-state index contributed by atoms with van der Waals surface area (Å²) in [6.45, 7) is 4.98. The number of nitrogens with one attached hydrogen (secondary N) is 1. The van der Waals surface area contributed by atoms with Gasteiger partial charge in [-0.3, -0.25) is 9.79 Å². The van der Waals surface area contributed by atoms with Gasteiger partial charge in [0.05, 0.1) is 19.4 Å². The number of carbonyl (C=O) groups is 1. The normalized spacial score (nSPS) is 14.1. The highest BCUT2D eigenvalue weighted by molar-refractivity contribution is 8.14. The van der Waals surface area contributed by atoms with Crippen molar-refractivity contribution in [1.82, 2.24) is 5.32 Å². The third-order valence-electron chi connectivity index (χ3n) is 4.72. The van der Waals surface area contributed by atoms with Gasteiger partial charge in [-0.1, -0.05) is 23.9 Å². The van der Waals surface area contributed by atoms with Gasteiger partial charge in [0.15, 0.2) is 5.17 Å². The first-order valence-corrected chi connectivity index (χ1v) is 10.6. The van der Waals surface area contributed by atoms with Gasteiger partial charge in [-0.25, -0.2) is 4.39 Å². The summed E-state index contributed by atoms with van der Waals surface area (Å²) in [4.78, 5) is 16.7. The van der Waals surface area contributed by atoms with Crippen molar-refractivity contribution in [3.63, 3.8) is 0 Å². The lowest BCUT2D eigenvalue weighted by Crippen LogP contribution is -2.25. The van der Waals surface area contributed by atoms with Crippen molar-refractivity contribution in [2.45, 2.75) is 13.8 Å². The Hall–Kier alpha value is -3.06. The van der Waals surface area contributed by atoms with Crippen LogP contribution in [-0.2, 0) is 4.79 Å². The molecule has 1 aliphatic heterocycles. The highest BCUT2D eigenvalue weighted by Gasteiger charge is 2.16. The van der Waals surface area contributed by atoms with Crippen molar-refractivity contribution in [3.05, 3.63) is 60.1 Å². The van der Waals surface area contributed by atoms with E-state index in [0.717, 1.165) is 39.9 Å². The summed E-state index contributed by atoms with van der Waals surface area (Å²) < 4.78 is 24.9. The first-order valence-electron chi connectivity index (χ1n) is 9.66. The van der Waals surface area contributed by atoms with Crippen LogP contribution in [-0.4, -0.2) is 30.0 Å². The zero-order chi connectivity index (χ0) is 21.1. The quantitative estimate of drug-likeness (QED) is 0.568. The van der Waals surface area contributed by atoms with E-state index < -0.39 is 0 Å². The van der Waals surface area contributed by atoms with E-state index in [1.807, 2.05) is 26.0 Å². The first kappa shape index (κ1) is 20.2. The van der Waals surface area contributed by atoms with Crippen LogP contribution in [0.3, 0.4) is 0 Å². The monoisotopic (exact) mass is 424 g/mol. The second-order valence-electron chi connectivity index (χ2n) is 6.79. The van der Waals surface area contributed by atoms with E-state index in [9.17, 15) is 9.18 Å². The molecule has 4 rings (SSSR count). The molecule has 0 fully saturated rings. The summed E-state index contributed by atoms with van der Waals surface area (Å²) in [5, 5.41) is 4.32. The second kappa shape index (κ2) is 8.75. The van der Waals surface area contributed by atoms with Crippen LogP contribution in [0.4, 0.5) is 4.39 Å². The molecule has 0 aliphatic carbocycles. The van der Waals surface area contributed by atoms with Crippen molar-refractivity contribution in [1.29, 1.82) is 0 Å². The molecule has 0 saturated heterocycles. The number of amidine groups is 1. The molecular weight excluding hydrogens is 403 g/mol. The number of thioether (sulfide) groups is 1. The molecule has 1 aliphatic rings. The van der Waals surface area contributed by atoms with Gasteiger partial charge in [0.1, 0.15) is 17.1 Å². The van der Waals surface area contributed by atoms with E-state index in [1.54, 1.807) is 24.5 Å². The topological polar surface area (TPSA) is 63.8 Å². The smallest absolute Gasteiger partial charge is 0.250 e. The lowest BCUT2D eigenvalue weighted by atomic mass is 9.99. The van der Waals surface area contributed by atoms with Gasteiger partial charge in [0.25, 0.3) is 0 Å². The maximum absolute atomic E-state index is 13.3. The Balaban J connectivity index is 1.73. The molecule has 7 heteroatoms. The maximum atomic E-state index is 13.3. The molecule has 0 bridgehead atoms. The molecular formula is C23H21FN2O3S. The molecule has 0 radical (unpaired) electrons. The van der Waals surface area contributed by atoms with Crippen LogP contribution < -0.4 is 10.1 Å². The van der Waals surface area contributed by atoms with Crippen molar-refractivity contribution >= 4 is 39.4 Å². The summed E-state index contributed by atoms with van der Waals surface area (Å²) in [6, 6.07) is 10.0. The first-order chi connectivity index (χ1) is 14.5. The molecule has 5 nitrogen and oxygen atoms in total. The third kappa shape index (κ3) is 4.26. The van der Waals surface area contributed by atoms with Crippen LogP contribution in [0.2, 0.25) is 0 Å². The Bertz CT molecular complexity index is 1150. The van der Waals surface area contributed by atoms with E-state index in [2.05, 4.69) is 10.3 Å². The lowest BCUT2D eigenvalue weighted by Gasteiger charge is -2.12. The molecule has 30 heavy (non-hydrogen) atoms. The SMILES string of the molecule is CCOc1cc2occ(-c3ccc(F)cc3)c2cc1/C(C)=C/C(=O)NC1=NCCS1. The standard InChI is InChI=1S/C23H21FN2O3S/c1-3-28-20-12-21-18(19(13-29-21)15-4-6-16(24)7-5-15)11-17(20)14(2)10-22(27)26-23-25-8-9-30-23/h4-7,10-13H,3,8-9H2,1-2H3,(H,25,26,27)/b14-10+. The number of ether oxygens (including phenoxy) is 1. The van der Waals surface area contributed by atoms with Crippen molar-refractivity contribution in [2.24, 2.45) is 4.99 Å². The molecule has 1 N–H and O–H groups in total. The number of hydrogen-bond donors (Lipinski definition) is 1. The average Bonchev–Trinajstić information content (AvgIpc) is 3.37. The van der Waals surface area contributed by atoms with Gasteiger partial charge >= 0.3 is 0 Å². The average molecular weight is 424 g/mol. The Kier molecular flexibility index (Phi) is 5.90. The minimum atomic E-state index is -0.291. The van der Waals surface area contributed by atoms with Crippen LogP contribution >= 0.6 is 11.8 Å². The molecule has 0 unspecified atom stereocenters. The predicted octanol–water partition coefficient (Wildman–Crippen LogP) is 5.26. The molecule has 3 aromatic rings. The Morgan fingerprint density at radius 3 is 2.83 bits per heavy atom. The van der Waals surface area contributed by atoms with E-state index in [1.165, 1.54) is 23.9 Å². The predicted molar refractivity (Wildman–Crippen MR) is 119 cm³/mol. The molecule has 2 aromatic carbocycles. The number of hydrogen-bond acceptors (Lipinski definition) is 5. The van der Waals surface area contributed by atoms with E-state index in [4.69, 9.17) is 9.15 Å². The number of rotatable bonds is 5. The van der Waals surface area contributed by atoms with Gasteiger partial charge in [-0.2, -0.15) is 0 Å². The van der Waals surface area contributed by atoms with Crippen LogP contribution in [0.15, 0.2) is 58.1 Å². The summed E-state index contributed by atoms with van der Waals surface area (Å²) in [6.07, 6.45) is 3.20. The number of fused-ring (bicyclic) bond motifs is 1. The van der Waals surface area contributed by atoms with E-state index in [-0.39, 0.29) is 11.7 Å². The van der Waals surface area contributed by atoms with Gasteiger partial charge in [0, 0.05) is 34.4 Å². The fraction of sp³-hybridized carbons (Fsp3) is 0.217. The molecule has 0 saturated carbocycles. The number of amides is 1. The van der Waals surface area contributed by atoms with Crippen LogP contribution in [0, 0.1) is 5.82 Å². The maximum Gasteiger partial charge on any atom is 0.250 e. The van der Waals surface area contributed by atoms with Crippen LogP contribution in [0.5, 0.6) is 5.75 Å². The summed E-state index contributed by atoms with van der Waals surface area (Å²) >= 11 is 1.53. The zero-order valence-electron chi connectivity index (χ0n) is 16.7. The minimum absolute atomic E-state index is 0.228. The highest BCUT2D eigenvalue weighted by Crippen LogP contribution is 2.37. The third-order valence-corrected chi connectivity index (χ3v) is 5.61. The van der Waals surface area contributed by atoms with Crippen molar-refractivity contribution in [3.8, 4) is 16.9 Å². The molecule has 1 aromatic heterocycles. The lowest BCUT2D eigenvalue weighted by molar-refractivity contribution is -0.115. The number of aliphatic imine (C=N–C) groups is 1. The van der Waals surface area contributed by atoms with E-state index >= 15 is 0 Å². The molecule has 0 spiro atoms. The molecule has 2 heterocycles. The van der Waals surface area contributed by atoms with Crippen LogP contribution in [0.25, 0.3) is 27.7 Å². The number of carbonyl (C=O) groups excluding carboxylic acids is 1.